The highest BCUT2D eigenvalue weighted by molar-refractivity contribution is 7.92. The Morgan fingerprint density at radius 3 is 2.08 bits per heavy atom. The Morgan fingerprint density at radius 1 is 0.972 bits per heavy atom. The minimum Gasteiger partial charge on any atom is -0.354 e. The van der Waals surface area contributed by atoms with Gasteiger partial charge in [-0.05, 0) is 47.9 Å². The van der Waals surface area contributed by atoms with Gasteiger partial charge in [-0.15, -0.1) is 0 Å². The van der Waals surface area contributed by atoms with Crippen molar-refractivity contribution in [1.29, 1.82) is 0 Å². The van der Waals surface area contributed by atoms with Gasteiger partial charge in [0.1, 0.15) is 12.6 Å². The largest absolute Gasteiger partial charge is 0.354 e. The highest BCUT2D eigenvalue weighted by atomic mass is 32.2. The molecule has 0 heterocycles. The normalized spacial score (nSPS) is 12.6. The fraction of sp³-hybridized carbons (Fsp3) is 0.500. The molecule has 0 spiro atoms. The lowest BCUT2D eigenvalue weighted by molar-refractivity contribution is -0.139. The van der Waals surface area contributed by atoms with Crippen molar-refractivity contribution in [2.24, 2.45) is 0 Å². The van der Waals surface area contributed by atoms with Gasteiger partial charge < -0.3 is 10.2 Å². The Balaban J connectivity index is 2.36. The van der Waals surface area contributed by atoms with E-state index in [0.717, 1.165) is 28.1 Å². The molecule has 0 aromatic heterocycles. The van der Waals surface area contributed by atoms with Crippen LogP contribution in [0.5, 0.6) is 0 Å². The van der Waals surface area contributed by atoms with E-state index in [4.69, 9.17) is 0 Å². The first-order valence-corrected chi connectivity index (χ1v) is 14.4. The van der Waals surface area contributed by atoms with Crippen molar-refractivity contribution in [3.05, 3.63) is 65.7 Å². The number of hydrogen-bond donors (Lipinski definition) is 1. The number of nitrogens with zero attached hydrogens (tertiary/aromatic N) is 2. The zero-order chi connectivity index (χ0) is 26.9. The summed E-state index contributed by atoms with van der Waals surface area (Å²) >= 11 is 0. The van der Waals surface area contributed by atoms with Gasteiger partial charge in [0.05, 0.1) is 11.9 Å². The second-order valence-corrected chi connectivity index (χ2v) is 12.0. The van der Waals surface area contributed by atoms with Gasteiger partial charge in [-0.25, -0.2) is 8.42 Å². The standard InChI is InChI=1S/C28H41N3O4S/c1-7-19-29-27(33)25(8-2)30(20-18-22-12-10-9-11-13-22)26(32)21-31(36(6,34)35)24-16-14-23(15-17-24)28(3,4)5/h9-17,25H,7-8,18-21H2,1-6H3,(H,29,33)/t25-/m1/s1. The molecule has 2 aromatic carbocycles. The molecule has 1 atom stereocenters. The third-order valence-electron chi connectivity index (χ3n) is 6.12. The summed E-state index contributed by atoms with van der Waals surface area (Å²) in [6.45, 7) is 10.5. The predicted molar refractivity (Wildman–Crippen MR) is 147 cm³/mol. The van der Waals surface area contributed by atoms with E-state index in [2.05, 4.69) is 26.1 Å². The summed E-state index contributed by atoms with van der Waals surface area (Å²) in [6.07, 6.45) is 2.86. The average molecular weight is 516 g/mol. The molecule has 0 aliphatic rings. The maximum Gasteiger partial charge on any atom is 0.244 e. The SMILES string of the molecule is CCCNC(=O)[C@@H](CC)N(CCc1ccccc1)C(=O)CN(c1ccc(C(C)(C)C)cc1)S(C)(=O)=O. The first kappa shape index (κ1) is 29.4. The average Bonchev–Trinajstić information content (AvgIpc) is 2.83. The first-order chi connectivity index (χ1) is 16.9. The van der Waals surface area contributed by atoms with E-state index in [9.17, 15) is 18.0 Å². The van der Waals surface area contributed by atoms with Crippen molar-refractivity contribution < 1.29 is 18.0 Å². The van der Waals surface area contributed by atoms with Gasteiger partial charge in [0.25, 0.3) is 0 Å². The maximum absolute atomic E-state index is 13.6. The van der Waals surface area contributed by atoms with E-state index >= 15 is 0 Å². The Labute approximate surface area is 216 Å². The lowest BCUT2D eigenvalue weighted by Gasteiger charge is -2.33. The second kappa shape index (κ2) is 12.9. The topological polar surface area (TPSA) is 86.8 Å². The van der Waals surface area contributed by atoms with Crippen LogP contribution >= 0.6 is 0 Å². The molecule has 0 unspecified atom stereocenters. The number of benzene rings is 2. The minimum absolute atomic E-state index is 0.0846. The highest BCUT2D eigenvalue weighted by Gasteiger charge is 2.31. The number of sulfonamides is 1. The molecular formula is C28H41N3O4S. The smallest absolute Gasteiger partial charge is 0.244 e. The molecule has 0 aliphatic heterocycles. The number of hydrogen-bond acceptors (Lipinski definition) is 4. The van der Waals surface area contributed by atoms with Gasteiger partial charge in [0, 0.05) is 13.1 Å². The van der Waals surface area contributed by atoms with Crippen LogP contribution < -0.4 is 9.62 Å². The molecule has 7 nitrogen and oxygen atoms in total. The molecule has 8 heteroatoms. The summed E-state index contributed by atoms with van der Waals surface area (Å²) in [5.41, 5.74) is 2.44. The van der Waals surface area contributed by atoms with Crippen LogP contribution in [0.15, 0.2) is 54.6 Å². The Morgan fingerprint density at radius 2 is 1.58 bits per heavy atom. The van der Waals surface area contributed by atoms with Gasteiger partial charge in [-0.2, -0.15) is 0 Å². The van der Waals surface area contributed by atoms with Crippen molar-refractivity contribution in [3.8, 4) is 0 Å². The molecule has 2 aromatic rings. The molecular weight excluding hydrogens is 474 g/mol. The van der Waals surface area contributed by atoms with Gasteiger partial charge >= 0.3 is 0 Å². The van der Waals surface area contributed by atoms with Crippen molar-refractivity contribution in [3.63, 3.8) is 0 Å². The van der Waals surface area contributed by atoms with E-state index < -0.39 is 22.0 Å². The van der Waals surface area contributed by atoms with Crippen molar-refractivity contribution in [1.82, 2.24) is 10.2 Å². The zero-order valence-electron chi connectivity index (χ0n) is 22.5. The van der Waals surface area contributed by atoms with Crippen LogP contribution in [0.2, 0.25) is 0 Å². The number of rotatable bonds is 12. The molecule has 2 rings (SSSR count). The first-order valence-electron chi connectivity index (χ1n) is 12.6. The van der Waals surface area contributed by atoms with Gasteiger partial charge in [0.2, 0.25) is 21.8 Å². The lowest BCUT2D eigenvalue weighted by atomic mass is 9.87. The second-order valence-electron chi connectivity index (χ2n) is 10.1. The van der Waals surface area contributed by atoms with Gasteiger partial charge in [0.15, 0.2) is 0 Å². The molecule has 36 heavy (non-hydrogen) atoms. The van der Waals surface area contributed by atoms with Gasteiger partial charge in [-0.1, -0.05) is 77.1 Å². The summed E-state index contributed by atoms with van der Waals surface area (Å²) in [5.74, 6) is -0.629. The monoisotopic (exact) mass is 515 g/mol. The van der Waals surface area contributed by atoms with Crippen molar-refractivity contribution in [2.75, 3.05) is 30.2 Å². The van der Waals surface area contributed by atoms with E-state index in [1.54, 1.807) is 12.1 Å². The Kier molecular flexibility index (Phi) is 10.5. The summed E-state index contributed by atoms with van der Waals surface area (Å²) in [5, 5.41) is 2.89. The zero-order valence-corrected chi connectivity index (χ0v) is 23.3. The number of amides is 2. The van der Waals surface area contributed by atoms with Crippen LogP contribution in [0.1, 0.15) is 58.6 Å². The molecule has 1 N–H and O–H groups in total. The Hall–Kier alpha value is -2.87. The molecule has 2 amide bonds. The summed E-state index contributed by atoms with van der Waals surface area (Å²) in [4.78, 5) is 28.1. The molecule has 0 aliphatic carbocycles. The number of anilines is 1. The molecule has 0 saturated heterocycles. The molecule has 0 bridgehead atoms. The maximum atomic E-state index is 13.6. The Bertz CT molecular complexity index is 1090. The third kappa shape index (κ3) is 8.36. The molecule has 0 fully saturated rings. The molecule has 0 radical (unpaired) electrons. The van der Waals surface area contributed by atoms with E-state index in [-0.39, 0.29) is 17.9 Å². The number of carbonyl (C=O) groups excluding carboxylic acids is 2. The number of carbonyl (C=O) groups is 2. The van der Waals surface area contributed by atoms with Crippen LogP contribution in [0, 0.1) is 0 Å². The van der Waals surface area contributed by atoms with Crippen LogP contribution in [-0.4, -0.2) is 57.1 Å². The summed E-state index contributed by atoms with van der Waals surface area (Å²) < 4.78 is 26.6. The van der Waals surface area contributed by atoms with Crippen LogP contribution in [0.3, 0.4) is 0 Å². The van der Waals surface area contributed by atoms with Crippen molar-refractivity contribution in [2.45, 2.75) is 65.3 Å². The summed E-state index contributed by atoms with van der Waals surface area (Å²) in [7, 11) is -3.74. The fourth-order valence-electron chi connectivity index (χ4n) is 4.00. The highest BCUT2D eigenvalue weighted by Crippen LogP contribution is 2.26. The van der Waals surface area contributed by atoms with Crippen molar-refractivity contribution >= 4 is 27.5 Å². The predicted octanol–water partition coefficient (Wildman–Crippen LogP) is 4.13. The van der Waals surface area contributed by atoms with Crippen LogP contribution in [-0.2, 0) is 31.4 Å². The number of nitrogens with one attached hydrogen (secondary N) is 1. The molecule has 198 valence electrons. The lowest BCUT2D eigenvalue weighted by Crippen LogP contribution is -2.53. The summed E-state index contributed by atoms with van der Waals surface area (Å²) in [6, 6.07) is 16.3. The van der Waals surface area contributed by atoms with E-state index in [1.165, 1.54) is 4.90 Å². The van der Waals surface area contributed by atoms with Crippen LogP contribution in [0.25, 0.3) is 0 Å². The van der Waals surface area contributed by atoms with E-state index in [0.29, 0.717) is 31.6 Å². The molecule has 0 saturated carbocycles. The quantitative estimate of drug-likeness (QED) is 0.461. The van der Waals surface area contributed by atoms with E-state index in [1.807, 2.05) is 56.3 Å². The fourth-order valence-corrected chi connectivity index (χ4v) is 4.85. The third-order valence-corrected chi connectivity index (χ3v) is 7.26. The van der Waals surface area contributed by atoms with Gasteiger partial charge in [-0.3, -0.25) is 13.9 Å². The van der Waals surface area contributed by atoms with Crippen LogP contribution in [0.4, 0.5) is 5.69 Å². The minimum atomic E-state index is -3.74.